The smallest absolute Gasteiger partial charge is 0.335 e. The fourth-order valence-corrected chi connectivity index (χ4v) is 2.16. The van der Waals surface area contributed by atoms with Crippen LogP contribution < -0.4 is 0 Å². The summed E-state index contributed by atoms with van der Waals surface area (Å²) in [7, 11) is 2.14. The van der Waals surface area contributed by atoms with E-state index in [0.717, 1.165) is 14.2 Å². The number of ether oxygens (including phenoxy) is 2. The standard InChI is InChI=1S/C10H10Cl2O6/c1-17-8(15)4-3-10(12,9(16)18-2)7(14)6(13)5(4)11/h4,13H,3H2,1-2H3/t4-,10+/m0/s1. The van der Waals surface area contributed by atoms with Crippen molar-refractivity contribution in [2.75, 3.05) is 14.2 Å². The molecule has 0 unspecified atom stereocenters. The van der Waals surface area contributed by atoms with Crippen LogP contribution in [0.4, 0.5) is 0 Å². The van der Waals surface area contributed by atoms with E-state index >= 15 is 0 Å². The highest BCUT2D eigenvalue weighted by Crippen LogP contribution is 2.40. The number of carbonyl (C=O) groups is 3. The summed E-state index contributed by atoms with van der Waals surface area (Å²) < 4.78 is 8.85. The second kappa shape index (κ2) is 5.16. The average Bonchev–Trinajstić information content (AvgIpc) is 2.38. The minimum absolute atomic E-state index is 0.396. The molecule has 1 aliphatic rings. The van der Waals surface area contributed by atoms with Gasteiger partial charge in [-0.15, -0.1) is 0 Å². The van der Waals surface area contributed by atoms with Crippen LogP contribution in [0.2, 0.25) is 0 Å². The van der Waals surface area contributed by atoms with Crippen LogP contribution in [0.25, 0.3) is 0 Å². The van der Waals surface area contributed by atoms with Gasteiger partial charge in [-0.25, -0.2) is 4.79 Å². The summed E-state index contributed by atoms with van der Waals surface area (Å²) in [6.45, 7) is 0. The third-order valence-corrected chi connectivity index (χ3v) is 3.51. The first-order chi connectivity index (χ1) is 8.29. The van der Waals surface area contributed by atoms with Crippen molar-refractivity contribution in [3.05, 3.63) is 10.8 Å². The van der Waals surface area contributed by atoms with Crippen LogP contribution in [0.1, 0.15) is 6.42 Å². The number of halogens is 2. The molecule has 18 heavy (non-hydrogen) atoms. The van der Waals surface area contributed by atoms with E-state index in [2.05, 4.69) is 9.47 Å². The van der Waals surface area contributed by atoms with E-state index < -0.39 is 45.7 Å². The van der Waals surface area contributed by atoms with Crippen LogP contribution >= 0.6 is 23.2 Å². The number of esters is 2. The topological polar surface area (TPSA) is 89.9 Å². The van der Waals surface area contributed by atoms with E-state index in [4.69, 9.17) is 23.2 Å². The molecule has 0 fully saturated rings. The molecule has 0 bridgehead atoms. The zero-order valence-electron chi connectivity index (χ0n) is 9.53. The molecule has 0 aromatic heterocycles. The summed E-state index contributed by atoms with van der Waals surface area (Å²) in [6, 6.07) is 0. The summed E-state index contributed by atoms with van der Waals surface area (Å²) in [6.07, 6.45) is -0.435. The maximum atomic E-state index is 11.7. The molecule has 0 radical (unpaired) electrons. The van der Waals surface area contributed by atoms with Crippen LogP contribution in [0, 0.1) is 5.92 Å². The number of aliphatic hydroxyl groups excluding tert-OH is 1. The minimum Gasteiger partial charge on any atom is -0.503 e. The van der Waals surface area contributed by atoms with Gasteiger partial charge in [0.05, 0.1) is 25.2 Å². The molecule has 100 valence electrons. The van der Waals surface area contributed by atoms with Crippen molar-refractivity contribution in [3.63, 3.8) is 0 Å². The first-order valence-electron chi connectivity index (χ1n) is 4.78. The number of hydrogen-bond acceptors (Lipinski definition) is 6. The molecule has 1 rings (SSSR count). The van der Waals surface area contributed by atoms with Gasteiger partial charge in [-0.05, 0) is 0 Å². The molecular weight excluding hydrogens is 287 g/mol. The number of carbonyl (C=O) groups excluding carboxylic acids is 3. The third kappa shape index (κ3) is 2.18. The predicted octanol–water partition coefficient (Wildman–Crippen LogP) is 0.907. The van der Waals surface area contributed by atoms with Gasteiger partial charge < -0.3 is 14.6 Å². The van der Waals surface area contributed by atoms with E-state index in [-0.39, 0.29) is 0 Å². The quantitative estimate of drug-likeness (QED) is 0.463. The van der Waals surface area contributed by atoms with Crippen LogP contribution in [-0.4, -0.2) is 41.9 Å². The van der Waals surface area contributed by atoms with E-state index in [0.29, 0.717) is 0 Å². The monoisotopic (exact) mass is 296 g/mol. The molecule has 2 atom stereocenters. The maximum absolute atomic E-state index is 11.7. The zero-order valence-corrected chi connectivity index (χ0v) is 11.0. The molecule has 0 spiro atoms. The fourth-order valence-electron chi connectivity index (χ4n) is 1.59. The summed E-state index contributed by atoms with van der Waals surface area (Å²) in [5, 5.41) is 9.14. The molecule has 8 heteroatoms. The lowest BCUT2D eigenvalue weighted by Gasteiger charge is -2.30. The van der Waals surface area contributed by atoms with Gasteiger partial charge in [-0.1, -0.05) is 23.2 Å². The van der Waals surface area contributed by atoms with Crippen molar-refractivity contribution in [1.29, 1.82) is 0 Å². The van der Waals surface area contributed by atoms with Crippen molar-refractivity contribution in [2.45, 2.75) is 11.3 Å². The first-order valence-corrected chi connectivity index (χ1v) is 5.53. The van der Waals surface area contributed by atoms with Crippen molar-refractivity contribution in [2.24, 2.45) is 5.92 Å². The third-order valence-electron chi connectivity index (χ3n) is 2.59. The Morgan fingerprint density at radius 1 is 1.39 bits per heavy atom. The van der Waals surface area contributed by atoms with Crippen molar-refractivity contribution >= 4 is 40.9 Å². The Labute approximate surface area is 112 Å². The highest BCUT2D eigenvalue weighted by Gasteiger charge is 2.54. The number of methoxy groups -OCH3 is 2. The SMILES string of the molecule is COC(=O)[C@H]1C[C@](Cl)(C(=O)OC)C(=O)C(O)=C1Cl. The number of hydrogen-bond donors (Lipinski definition) is 1. The molecule has 1 aliphatic carbocycles. The van der Waals surface area contributed by atoms with E-state index in [1.54, 1.807) is 0 Å². The van der Waals surface area contributed by atoms with Gasteiger partial charge in [0.25, 0.3) is 0 Å². The lowest BCUT2D eigenvalue weighted by atomic mass is 9.83. The van der Waals surface area contributed by atoms with Gasteiger partial charge in [-0.2, -0.15) is 0 Å². The molecule has 0 aliphatic heterocycles. The first kappa shape index (κ1) is 14.8. The molecular formula is C10H10Cl2O6. The van der Waals surface area contributed by atoms with Gasteiger partial charge in [0.2, 0.25) is 10.7 Å². The van der Waals surface area contributed by atoms with E-state index in [1.807, 2.05) is 0 Å². The second-order valence-electron chi connectivity index (χ2n) is 3.60. The van der Waals surface area contributed by atoms with Gasteiger partial charge in [0, 0.05) is 6.42 Å². The molecule has 0 saturated carbocycles. The van der Waals surface area contributed by atoms with E-state index in [1.165, 1.54) is 0 Å². The largest absolute Gasteiger partial charge is 0.503 e. The Bertz CT molecular complexity index is 444. The number of alkyl halides is 1. The van der Waals surface area contributed by atoms with Crippen molar-refractivity contribution in [1.82, 2.24) is 0 Å². The summed E-state index contributed by atoms with van der Waals surface area (Å²) in [5.41, 5.74) is 0. The minimum atomic E-state index is -2.17. The van der Waals surface area contributed by atoms with Gasteiger partial charge >= 0.3 is 11.9 Å². The lowest BCUT2D eigenvalue weighted by molar-refractivity contribution is -0.150. The molecule has 1 N–H and O–H groups in total. The van der Waals surface area contributed by atoms with Crippen LogP contribution in [0.5, 0.6) is 0 Å². The van der Waals surface area contributed by atoms with Gasteiger partial charge in [0.1, 0.15) is 0 Å². The Morgan fingerprint density at radius 3 is 2.39 bits per heavy atom. The fraction of sp³-hybridized carbons (Fsp3) is 0.500. The molecule has 0 heterocycles. The summed E-state index contributed by atoms with van der Waals surface area (Å²) in [5.74, 6) is -5.10. The van der Waals surface area contributed by atoms with Crippen LogP contribution in [0.3, 0.4) is 0 Å². The average molecular weight is 297 g/mol. The second-order valence-corrected chi connectivity index (χ2v) is 4.65. The highest BCUT2D eigenvalue weighted by molar-refractivity contribution is 6.49. The zero-order chi connectivity index (χ0) is 14.1. The van der Waals surface area contributed by atoms with E-state index in [9.17, 15) is 19.5 Å². The number of Topliss-reactive ketones (excluding diaryl/α,β-unsaturated/α-hetero) is 1. The molecule has 0 aromatic rings. The Balaban J connectivity index is 3.27. The molecule has 0 aromatic carbocycles. The van der Waals surface area contributed by atoms with Crippen LogP contribution in [0.15, 0.2) is 10.8 Å². The normalized spacial score (nSPS) is 28.0. The highest BCUT2D eigenvalue weighted by atomic mass is 35.5. The lowest BCUT2D eigenvalue weighted by Crippen LogP contribution is -2.49. The predicted molar refractivity (Wildman–Crippen MR) is 61.2 cm³/mol. The number of ketones is 1. The number of allylic oxidation sites excluding steroid dienone is 1. The van der Waals surface area contributed by atoms with Crippen molar-refractivity contribution in [3.8, 4) is 0 Å². The molecule has 6 nitrogen and oxygen atoms in total. The van der Waals surface area contributed by atoms with Crippen molar-refractivity contribution < 1.29 is 29.0 Å². The van der Waals surface area contributed by atoms with Crippen LogP contribution in [-0.2, 0) is 23.9 Å². The molecule has 0 amide bonds. The Morgan fingerprint density at radius 2 is 1.94 bits per heavy atom. The summed E-state index contributed by atoms with van der Waals surface area (Å²) >= 11 is 11.5. The Hall–Kier alpha value is -1.27. The number of rotatable bonds is 2. The summed E-state index contributed by atoms with van der Waals surface area (Å²) in [4.78, 5) is 32.5. The Kier molecular flexibility index (Phi) is 4.24. The van der Waals surface area contributed by atoms with Gasteiger partial charge in [0.15, 0.2) is 5.76 Å². The maximum Gasteiger partial charge on any atom is 0.335 e. The number of aliphatic hydroxyl groups is 1. The molecule has 0 saturated heterocycles. The van der Waals surface area contributed by atoms with Gasteiger partial charge in [-0.3, -0.25) is 9.59 Å².